The van der Waals surface area contributed by atoms with Crippen molar-refractivity contribution in [1.82, 2.24) is 4.98 Å². The molecule has 1 aromatic rings. The minimum atomic E-state index is -0.583. The smallest absolute Gasteiger partial charge is 0.302 e. The van der Waals surface area contributed by atoms with Crippen LogP contribution in [-0.2, 0) is 0 Å². The average molecular weight is 239 g/mol. The van der Waals surface area contributed by atoms with E-state index in [4.69, 9.17) is 10.4 Å². The molecule has 1 heterocycles. The molecule has 1 unspecified atom stereocenters. The second-order valence-electron chi connectivity index (χ2n) is 3.03. The predicted octanol–water partition coefficient (Wildman–Crippen LogP) is 1.33. The van der Waals surface area contributed by atoms with Gasteiger partial charge in [0, 0.05) is 17.5 Å². The van der Waals surface area contributed by atoms with Crippen LogP contribution in [0.1, 0.15) is 12.5 Å². The molecule has 0 saturated carbocycles. The zero-order chi connectivity index (χ0) is 12.1. The molecule has 0 aliphatic carbocycles. The first-order valence-corrected chi connectivity index (χ1v) is 5.28. The van der Waals surface area contributed by atoms with Crippen molar-refractivity contribution in [1.29, 1.82) is 5.26 Å². The summed E-state index contributed by atoms with van der Waals surface area (Å²) in [4.78, 5) is 14.0. The Labute approximate surface area is 96.1 Å². The molecule has 0 aliphatic rings. The number of rotatable bonds is 4. The molecule has 0 radical (unpaired) electrons. The number of hydrogen-bond donors (Lipinski definition) is 1. The Balaban J connectivity index is 3.09. The van der Waals surface area contributed by atoms with E-state index < -0.39 is 4.92 Å². The third kappa shape index (κ3) is 2.92. The van der Waals surface area contributed by atoms with Gasteiger partial charge in [0.05, 0.1) is 17.1 Å². The van der Waals surface area contributed by atoms with Crippen molar-refractivity contribution >= 4 is 17.4 Å². The number of nitro groups is 1. The summed E-state index contributed by atoms with van der Waals surface area (Å²) in [7, 11) is 0. The molecule has 1 atom stereocenters. The van der Waals surface area contributed by atoms with E-state index in [1.54, 1.807) is 13.0 Å². The fourth-order valence-electron chi connectivity index (χ4n) is 0.951. The van der Waals surface area contributed by atoms with Gasteiger partial charge < -0.3 is 5.11 Å². The highest BCUT2D eigenvalue weighted by Gasteiger charge is 2.18. The third-order valence-corrected chi connectivity index (χ3v) is 2.82. The number of aliphatic hydroxyl groups is 1. The molecule has 7 heteroatoms. The molecule has 1 rings (SSSR count). The summed E-state index contributed by atoms with van der Waals surface area (Å²) in [6, 6.07) is 2.97. The molecule has 1 N–H and O–H groups in total. The first-order valence-electron chi connectivity index (χ1n) is 4.40. The van der Waals surface area contributed by atoms with Crippen molar-refractivity contribution in [2.24, 2.45) is 0 Å². The van der Waals surface area contributed by atoms with Gasteiger partial charge in [0.25, 0.3) is 0 Å². The van der Waals surface area contributed by atoms with Gasteiger partial charge in [-0.25, -0.2) is 4.98 Å². The van der Waals surface area contributed by atoms with Crippen molar-refractivity contribution in [3.05, 3.63) is 27.9 Å². The van der Waals surface area contributed by atoms with Gasteiger partial charge in [-0.1, -0.05) is 18.7 Å². The fourth-order valence-corrected chi connectivity index (χ4v) is 1.77. The van der Waals surface area contributed by atoms with Crippen molar-refractivity contribution in [2.45, 2.75) is 17.2 Å². The molecule has 0 fully saturated rings. The molecule has 0 amide bonds. The van der Waals surface area contributed by atoms with Gasteiger partial charge in [-0.2, -0.15) is 5.26 Å². The number of nitriles is 1. The largest absolute Gasteiger partial charge is 0.395 e. The minimum Gasteiger partial charge on any atom is -0.395 e. The molecule has 84 valence electrons. The van der Waals surface area contributed by atoms with E-state index in [0.717, 1.165) is 11.8 Å². The van der Waals surface area contributed by atoms with E-state index in [9.17, 15) is 10.1 Å². The molecule has 0 spiro atoms. The lowest BCUT2D eigenvalue weighted by Gasteiger charge is -2.06. The van der Waals surface area contributed by atoms with Crippen LogP contribution in [0.3, 0.4) is 0 Å². The van der Waals surface area contributed by atoms with Crippen LogP contribution >= 0.6 is 11.8 Å². The van der Waals surface area contributed by atoms with E-state index >= 15 is 0 Å². The summed E-state index contributed by atoms with van der Waals surface area (Å²) < 4.78 is 0. The first-order chi connectivity index (χ1) is 7.58. The standard InChI is InChI=1S/C9H9N3O3S/c1-6(5-13)16-9-8(12(14)15)2-7(3-10)4-11-9/h2,4,6,13H,5H2,1H3. The second kappa shape index (κ2) is 5.44. The van der Waals surface area contributed by atoms with Gasteiger partial charge in [0.15, 0.2) is 5.03 Å². The van der Waals surface area contributed by atoms with Gasteiger partial charge in [-0.3, -0.25) is 10.1 Å². The number of pyridine rings is 1. The van der Waals surface area contributed by atoms with Gasteiger partial charge in [-0.15, -0.1) is 0 Å². The minimum absolute atomic E-state index is 0.0937. The number of nitrogens with zero attached hydrogens (tertiary/aromatic N) is 3. The zero-order valence-electron chi connectivity index (χ0n) is 8.45. The molecule has 1 aromatic heterocycles. The lowest BCUT2D eigenvalue weighted by molar-refractivity contribution is -0.388. The van der Waals surface area contributed by atoms with Crippen LogP contribution in [0.25, 0.3) is 0 Å². The molecule has 6 nitrogen and oxygen atoms in total. The van der Waals surface area contributed by atoms with Crippen LogP contribution in [-0.4, -0.2) is 26.9 Å². The van der Waals surface area contributed by atoms with Gasteiger partial charge in [0.1, 0.15) is 6.07 Å². The van der Waals surface area contributed by atoms with Gasteiger partial charge >= 0.3 is 5.69 Å². The number of hydrogen-bond acceptors (Lipinski definition) is 6. The van der Waals surface area contributed by atoms with Gasteiger partial charge in [-0.05, 0) is 0 Å². The van der Waals surface area contributed by atoms with E-state index in [1.807, 2.05) is 0 Å². The highest BCUT2D eigenvalue weighted by atomic mass is 32.2. The third-order valence-electron chi connectivity index (χ3n) is 1.73. The predicted molar refractivity (Wildman–Crippen MR) is 58.0 cm³/mol. The molecule has 0 saturated heterocycles. The summed E-state index contributed by atoms with van der Waals surface area (Å²) >= 11 is 1.11. The lowest BCUT2D eigenvalue weighted by atomic mass is 10.3. The van der Waals surface area contributed by atoms with Crippen LogP contribution < -0.4 is 0 Å². The Morgan fingerprint density at radius 2 is 2.50 bits per heavy atom. The summed E-state index contributed by atoms with van der Waals surface area (Å²) in [5.74, 6) is 0. The highest BCUT2D eigenvalue weighted by molar-refractivity contribution is 8.00. The van der Waals surface area contributed by atoms with E-state index in [1.165, 1.54) is 12.3 Å². The highest BCUT2D eigenvalue weighted by Crippen LogP contribution is 2.30. The Kier molecular flexibility index (Phi) is 4.22. The normalized spacial score (nSPS) is 11.8. The fraction of sp³-hybridized carbons (Fsp3) is 0.333. The summed E-state index contributed by atoms with van der Waals surface area (Å²) in [5, 5.41) is 28.2. The van der Waals surface area contributed by atoms with Crippen molar-refractivity contribution in [2.75, 3.05) is 6.61 Å². The Morgan fingerprint density at radius 3 is 3.00 bits per heavy atom. The molecule has 16 heavy (non-hydrogen) atoms. The van der Waals surface area contributed by atoms with Crippen LogP contribution in [0.5, 0.6) is 0 Å². The van der Waals surface area contributed by atoms with E-state index in [2.05, 4.69) is 4.98 Å². The maximum Gasteiger partial charge on any atom is 0.302 e. The maximum atomic E-state index is 10.7. The number of aliphatic hydroxyl groups excluding tert-OH is 1. The summed E-state index contributed by atoms with van der Waals surface area (Å²) in [6.07, 6.45) is 1.28. The van der Waals surface area contributed by atoms with Crippen molar-refractivity contribution < 1.29 is 10.0 Å². The number of thioether (sulfide) groups is 1. The van der Waals surface area contributed by atoms with Crippen LogP contribution in [0, 0.1) is 21.4 Å². The Hall–Kier alpha value is -1.65. The molecule has 0 aromatic carbocycles. The molecule has 0 aliphatic heterocycles. The lowest BCUT2D eigenvalue weighted by Crippen LogP contribution is -2.04. The van der Waals surface area contributed by atoms with Crippen molar-refractivity contribution in [3.8, 4) is 6.07 Å². The molecular weight excluding hydrogens is 230 g/mol. The van der Waals surface area contributed by atoms with E-state index in [0.29, 0.717) is 0 Å². The Morgan fingerprint density at radius 1 is 1.81 bits per heavy atom. The number of aromatic nitrogens is 1. The summed E-state index contributed by atoms with van der Waals surface area (Å²) in [6.45, 7) is 1.64. The zero-order valence-corrected chi connectivity index (χ0v) is 9.27. The van der Waals surface area contributed by atoms with Crippen LogP contribution in [0.15, 0.2) is 17.3 Å². The topological polar surface area (TPSA) is 100 Å². The SMILES string of the molecule is CC(CO)Sc1ncc(C#N)cc1[N+](=O)[O-]. The summed E-state index contributed by atoms with van der Waals surface area (Å²) in [5.41, 5.74) is -0.0583. The van der Waals surface area contributed by atoms with Gasteiger partial charge in [0.2, 0.25) is 0 Å². The Bertz CT molecular complexity index is 444. The first kappa shape index (κ1) is 12.4. The molecular formula is C9H9N3O3S. The van der Waals surface area contributed by atoms with Crippen molar-refractivity contribution in [3.63, 3.8) is 0 Å². The average Bonchev–Trinajstić information content (AvgIpc) is 2.29. The van der Waals surface area contributed by atoms with Crippen LogP contribution in [0.2, 0.25) is 0 Å². The van der Waals surface area contributed by atoms with E-state index in [-0.39, 0.29) is 28.1 Å². The maximum absolute atomic E-state index is 10.7. The molecule has 0 bridgehead atoms. The quantitative estimate of drug-likeness (QED) is 0.483. The monoisotopic (exact) mass is 239 g/mol. The van der Waals surface area contributed by atoms with Crippen LogP contribution in [0.4, 0.5) is 5.69 Å². The second-order valence-corrected chi connectivity index (χ2v) is 4.46.